The summed E-state index contributed by atoms with van der Waals surface area (Å²) in [7, 11) is 0. The zero-order chi connectivity index (χ0) is 9.97. The zero-order valence-corrected chi connectivity index (χ0v) is 8.66. The first-order valence-electron chi connectivity index (χ1n) is 5.37. The first-order chi connectivity index (χ1) is 6.81. The SMILES string of the molecule is CC(NN)c1cccc(C2CCC2)c1. The van der Waals surface area contributed by atoms with Crippen molar-refractivity contribution in [2.24, 2.45) is 5.84 Å². The molecule has 1 aliphatic carbocycles. The van der Waals surface area contributed by atoms with Crippen LogP contribution in [0.25, 0.3) is 0 Å². The molecular formula is C12H18N2. The summed E-state index contributed by atoms with van der Waals surface area (Å²) in [6.07, 6.45) is 4.10. The van der Waals surface area contributed by atoms with Crippen LogP contribution in [-0.4, -0.2) is 0 Å². The molecule has 2 heteroatoms. The maximum absolute atomic E-state index is 5.43. The zero-order valence-electron chi connectivity index (χ0n) is 8.66. The molecule has 1 fully saturated rings. The molecule has 3 N–H and O–H groups in total. The Kier molecular flexibility index (Phi) is 2.85. The van der Waals surface area contributed by atoms with Gasteiger partial charge in [-0.15, -0.1) is 0 Å². The minimum atomic E-state index is 0.245. The predicted molar refractivity (Wildman–Crippen MR) is 58.8 cm³/mol. The second-order valence-electron chi connectivity index (χ2n) is 4.19. The van der Waals surface area contributed by atoms with Crippen LogP contribution >= 0.6 is 0 Å². The number of nitrogens with one attached hydrogen (secondary N) is 1. The molecule has 0 saturated heterocycles. The van der Waals surface area contributed by atoms with Crippen LogP contribution in [0.4, 0.5) is 0 Å². The minimum absolute atomic E-state index is 0.245. The third-order valence-corrected chi connectivity index (χ3v) is 3.24. The maximum Gasteiger partial charge on any atom is 0.0431 e. The van der Waals surface area contributed by atoms with E-state index in [2.05, 4.69) is 36.6 Å². The van der Waals surface area contributed by atoms with Gasteiger partial charge >= 0.3 is 0 Å². The van der Waals surface area contributed by atoms with E-state index in [4.69, 9.17) is 5.84 Å². The molecule has 1 unspecified atom stereocenters. The topological polar surface area (TPSA) is 38.0 Å². The van der Waals surface area contributed by atoms with Gasteiger partial charge in [0.2, 0.25) is 0 Å². The molecule has 0 amide bonds. The molecule has 0 heterocycles. The van der Waals surface area contributed by atoms with Crippen LogP contribution in [0.3, 0.4) is 0 Å². The normalized spacial score (nSPS) is 19.0. The average molecular weight is 190 g/mol. The first kappa shape index (κ1) is 9.69. The number of benzene rings is 1. The molecule has 1 aromatic carbocycles. The summed E-state index contributed by atoms with van der Waals surface area (Å²) < 4.78 is 0. The Balaban J connectivity index is 2.17. The number of rotatable bonds is 3. The van der Waals surface area contributed by atoms with E-state index in [0.29, 0.717) is 0 Å². The summed E-state index contributed by atoms with van der Waals surface area (Å²) in [6, 6.07) is 9.03. The molecule has 0 bridgehead atoms. The molecule has 0 aromatic heterocycles. The fraction of sp³-hybridized carbons (Fsp3) is 0.500. The second-order valence-corrected chi connectivity index (χ2v) is 4.19. The van der Waals surface area contributed by atoms with Crippen LogP contribution in [0.5, 0.6) is 0 Å². The summed E-state index contributed by atoms with van der Waals surface area (Å²) in [5.74, 6) is 6.23. The Hall–Kier alpha value is -0.860. The van der Waals surface area contributed by atoms with Crippen LogP contribution in [0, 0.1) is 0 Å². The van der Waals surface area contributed by atoms with E-state index in [1.807, 2.05) is 0 Å². The third kappa shape index (κ3) is 1.81. The van der Waals surface area contributed by atoms with Gasteiger partial charge in [-0.05, 0) is 36.8 Å². The summed E-state index contributed by atoms with van der Waals surface area (Å²) >= 11 is 0. The van der Waals surface area contributed by atoms with Gasteiger partial charge in [0.25, 0.3) is 0 Å². The lowest BCUT2D eigenvalue weighted by molar-refractivity contribution is 0.419. The van der Waals surface area contributed by atoms with Crippen LogP contribution in [0.1, 0.15) is 49.3 Å². The van der Waals surface area contributed by atoms with Gasteiger partial charge in [0.1, 0.15) is 0 Å². The van der Waals surface area contributed by atoms with E-state index >= 15 is 0 Å². The monoisotopic (exact) mass is 190 g/mol. The first-order valence-corrected chi connectivity index (χ1v) is 5.37. The molecule has 1 aromatic rings. The van der Waals surface area contributed by atoms with Crippen molar-refractivity contribution in [3.05, 3.63) is 35.4 Å². The van der Waals surface area contributed by atoms with Crippen molar-refractivity contribution >= 4 is 0 Å². The third-order valence-electron chi connectivity index (χ3n) is 3.24. The molecule has 14 heavy (non-hydrogen) atoms. The van der Waals surface area contributed by atoms with Crippen molar-refractivity contribution in [2.45, 2.75) is 38.1 Å². The van der Waals surface area contributed by atoms with Gasteiger partial charge in [-0.3, -0.25) is 11.3 Å². The highest BCUT2D eigenvalue weighted by Gasteiger charge is 2.19. The van der Waals surface area contributed by atoms with Gasteiger partial charge in [0.05, 0.1) is 0 Å². The van der Waals surface area contributed by atoms with Crippen molar-refractivity contribution in [1.82, 2.24) is 5.43 Å². The van der Waals surface area contributed by atoms with E-state index in [1.165, 1.54) is 30.4 Å². The van der Waals surface area contributed by atoms with Crippen LogP contribution in [-0.2, 0) is 0 Å². The number of hydrogen-bond donors (Lipinski definition) is 2. The van der Waals surface area contributed by atoms with Crippen molar-refractivity contribution in [2.75, 3.05) is 0 Å². The fourth-order valence-electron chi connectivity index (χ4n) is 1.92. The van der Waals surface area contributed by atoms with Gasteiger partial charge in [-0.2, -0.15) is 0 Å². The standard InChI is InChI=1S/C12H18N2/c1-9(14-13)11-6-3-7-12(8-11)10-4-2-5-10/h3,6-10,14H,2,4-5,13H2,1H3. The summed E-state index contributed by atoms with van der Waals surface area (Å²) in [5.41, 5.74) is 5.55. The molecule has 1 saturated carbocycles. The number of hydrazine groups is 1. The number of hydrogen-bond acceptors (Lipinski definition) is 2. The van der Waals surface area contributed by atoms with E-state index in [1.54, 1.807) is 0 Å². The summed E-state index contributed by atoms with van der Waals surface area (Å²) in [6.45, 7) is 2.08. The van der Waals surface area contributed by atoms with Crippen molar-refractivity contribution < 1.29 is 0 Å². The fourth-order valence-corrected chi connectivity index (χ4v) is 1.92. The Morgan fingerprint density at radius 1 is 1.43 bits per heavy atom. The Labute approximate surface area is 85.5 Å². The van der Waals surface area contributed by atoms with Crippen LogP contribution < -0.4 is 11.3 Å². The minimum Gasteiger partial charge on any atom is -0.271 e. The molecule has 1 aliphatic rings. The Morgan fingerprint density at radius 3 is 2.79 bits per heavy atom. The van der Waals surface area contributed by atoms with E-state index in [-0.39, 0.29) is 6.04 Å². The van der Waals surface area contributed by atoms with E-state index in [9.17, 15) is 0 Å². The maximum atomic E-state index is 5.43. The van der Waals surface area contributed by atoms with Gasteiger partial charge in [0.15, 0.2) is 0 Å². The highest BCUT2D eigenvalue weighted by atomic mass is 15.2. The van der Waals surface area contributed by atoms with Crippen LogP contribution in [0.2, 0.25) is 0 Å². The molecular weight excluding hydrogens is 172 g/mol. The highest BCUT2D eigenvalue weighted by molar-refractivity contribution is 5.29. The molecule has 1 atom stereocenters. The summed E-state index contributed by atoms with van der Waals surface area (Å²) in [4.78, 5) is 0. The van der Waals surface area contributed by atoms with Crippen molar-refractivity contribution in [1.29, 1.82) is 0 Å². The highest BCUT2D eigenvalue weighted by Crippen LogP contribution is 2.36. The smallest absolute Gasteiger partial charge is 0.0431 e. The molecule has 0 spiro atoms. The summed E-state index contributed by atoms with van der Waals surface area (Å²) in [5, 5.41) is 0. The molecule has 76 valence electrons. The second kappa shape index (κ2) is 4.11. The van der Waals surface area contributed by atoms with Gasteiger partial charge < -0.3 is 0 Å². The Morgan fingerprint density at radius 2 is 2.21 bits per heavy atom. The quantitative estimate of drug-likeness (QED) is 0.567. The van der Waals surface area contributed by atoms with Gasteiger partial charge in [0, 0.05) is 6.04 Å². The van der Waals surface area contributed by atoms with E-state index in [0.717, 1.165) is 5.92 Å². The van der Waals surface area contributed by atoms with Gasteiger partial charge in [-0.25, -0.2) is 0 Å². The van der Waals surface area contributed by atoms with E-state index < -0.39 is 0 Å². The van der Waals surface area contributed by atoms with Crippen LogP contribution in [0.15, 0.2) is 24.3 Å². The Bertz CT molecular complexity index is 285. The molecule has 0 radical (unpaired) electrons. The lowest BCUT2D eigenvalue weighted by Crippen LogP contribution is -2.25. The predicted octanol–water partition coefficient (Wildman–Crippen LogP) is 2.48. The molecule has 2 rings (SSSR count). The molecule has 2 nitrogen and oxygen atoms in total. The largest absolute Gasteiger partial charge is 0.271 e. The number of nitrogens with two attached hydrogens (primary N) is 1. The lowest BCUT2D eigenvalue weighted by Gasteiger charge is -2.26. The average Bonchev–Trinajstić information content (AvgIpc) is 2.14. The van der Waals surface area contributed by atoms with Gasteiger partial charge in [-0.1, -0.05) is 30.7 Å². The molecule has 0 aliphatic heterocycles. The van der Waals surface area contributed by atoms with Crippen molar-refractivity contribution in [3.63, 3.8) is 0 Å². The van der Waals surface area contributed by atoms with Crippen molar-refractivity contribution in [3.8, 4) is 0 Å². The lowest BCUT2D eigenvalue weighted by atomic mass is 9.79.